The summed E-state index contributed by atoms with van der Waals surface area (Å²) in [6.45, 7) is 9.17. The van der Waals surface area contributed by atoms with Gasteiger partial charge in [0.1, 0.15) is 5.75 Å². The summed E-state index contributed by atoms with van der Waals surface area (Å²) in [4.78, 5) is 43.1. The van der Waals surface area contributed by atoms with Gasteiger partial charge in [-0.15, -0.1) is 0 Å². The van der Waals surface area contributed by atoms with Gasteiger partial charge in [-0.25, -0.2) is 4.79 Å². The molecule has 1 aromatic carbocycles. The third-order valence-corrected chi connectivity index (χ3v) is 7.19. The van der Waals surface area contributed by atoms with Crippen LogP contribution in [0.15, 0.2) is 18.2 Å². The van der Waals surface area contributed by atoms with E-state index in [0.29, 0.717) is 29.0 Å². The number of nitrogens with zero attached hydrogens (tertiary/aromatic N) is 3. The molecule has 4 amide bonds. The standard InChI is InChI=1S/C26H38N4O5/c1-18(2)35-21-8-11-28(12-9-21)17-19-6-13-29(14-7-19)25(32)20-4-5-23(34-3)22(16-20)30-15-10-24(31)27-26(30)33/h4-5,16,18-19,21H,6-15,17H2,1-3H3,(H,27,31,33). The summed E-state index contributed by atoms with van der Waals surface area (Å²) in [7, 11) is 1.53. The molecule has 35 heavy (non-hydrogen) atoms. The van der Waals surface area contributed by atoms with Crippen molar-refractivity contribution in [2.75, 3.05) is 51.3 Å². The number of hydrogen-bond donors (Lipinski definition) is 1. The first kappa shape index (κ1) is 25.4. The fourth-order valence-corrected chi connectivity index (χ4v) is 5.31. The third kappa shape index (κ3) is 6.32. The monoisotopic (exact) mass is 486 g/mol. The van der Waals surface area contributed by atoms with E-state index in [1.54, 1.807) is 18.2 Å². The van der Waals surface area contributed by atoms with Gasteiger partial charge in [-0.05, 0) is 63.6 Å². The van der Waals surface area contributed by atoms with E-state index in [2.05, 4.69) is 24.1 Å². The maximum atomic E-state index is 13.3. The molecule has 0 aromatic heterocycles. The maximum absolute atomic E-state index is 13.3. The predicted octanol–water partition coefficient (Wildman–Crippen LogP) is 2.88. The van der Waals surface area contributed by atoms with Gasteiger partial charge in [0.15, 0.2) is 0 Å². The molecule has 4 rings (SSSR count). The largest absolute Gasteiger partial charge is 0.495 e. The van der Waals surface area contributed by atoms with Crippen LogP contribution in [0.5, 0.6) is 5.75 Å². The second-order valence-corrected chi connectivity index (χ2v) is 10.1. The van der Waals surface area contributed by atoms with Crippen LogP contribution in [-0.2, 0) is 9.53 Å². The van der Waals surface area contributed by atoms with E-state index in [4.69, 9.17) is 9.47 Å². The van der Waals surface area contributed by atoms with Gasteiger partial charge in [-0.2, -0.15) is 0 Å². The number of imide groups is 1. The number of hydrogen-bond acceptors (Lipinski definition) is 6. The number of anilines is 1. The predicted molar refractivity (Wildman–Crippen MR) is 133 cm³/mol. The first-order chi connectivity index (χ1) is 16.8. The first-order valence-corrected chi connectivity index (χ1v) is 12.8. The Morgan fingerprint density at radius 1 is 1.06 bits per heavy atom. The van der Waals surface area contributed by atoms with Crippen molar-refractivity contribution in [1.82, 2.24) is 15.1 Å². The van der Waals surface area contributed by atoms with Gasteiger partial charge >= 0.3 is 6.03 Å². The average Bonchev–Trinajstić information content (AvgIpc) is 2.85. The maximum Gasteiger partial charge on any atom is 0.328 e. The van der Waals surface area contributed by atoms with E-state index in [0.717, 1.165) is 58.4 Å². The number of carbonyl (C=O) groups is 3. The quantitative estimate of drug-likeness (QED) is 0.637. The highest BCUT2D eigenvalue weighted by Gasteiger charge is 2.30. The number of urea groups is 1. The van der Waals surface area contributed by atoms with E-state index < -0.39 is 6.03 Å². The lowest BCUT2D eigenvalue weighted by Crippen LogP contribution is -2.49. The molecule has 192 valence electrons. The number of piperidine rings is 2. The minimum Gasteiger partial charge on any atom is -0.495 e. The van der Waals surface area contributed by atoms with Crippen molar-refractivity contribution in [3.63, 3.8) is 0 Å². The third-order valence-electron chi connectivity index (χ3n) is 7.19. The summed E-state index contributed by atoms with van der Waals surface area (Å²) in [6, 6.07) is 4.66. The highest BCUT2D eigenvalue weighted by atomic mass is 16.5. The number of carbonyl (C=O) groups excluding carboxylic acids is 3. The van der Waals surface area contributed by atoms with E-state index >= 15 is 0 Å². The minimum atomic E-state index is -0.496. The Morgan fingerprint density at radius 3 is 2.40 bits per heavy atom. The SMILES string of the molecule is COc1ccc(C(=O)N2CCC(CN3CCC(OC(C)C)CC3)CC2)cc1N1CCC(=O)NC1=O. The fourth-order valence-electron chi connectivity index (χ4n) is 5.31. The van der Waals surface area contributed by atoms with Gasteiger partial charge in [0, 0.05) is 51.3 Å². The van der Waals surface area contributed by atoms with Crippen LogP contribution in [0.2, 0.25) is 0 Å². The van der Waals surface area contributed by atoms with Crippen LogP contribution in [0, 0.1) is 5.92 Å². The van der Waals surface area contributed by atoms with Gasteiger partial charge < -0.3 is 19.3 Å². The summed E-state index contributed by atoms with van der Waals surface area (Å²) in [5.41, 5.74) is 1.03. The number of ether oxygens (including phenoxy) is 2. The Bertz CT molecular complexity index is 920. The van der Waals surface area contributed by atoms with Gasteiger partial charge in [-0.3, -0.25) is 19.8 Å². The van der Waals surface area contributed by atoms with E-state index in [9.17, 15) is 14.4 Å². The van der Waals surface area contributed by atoms with E-state index in [1.807, 2.05) is 4.90 Å². The highest BCUT2D eigenvalue weighted by Crippen LogP contribution is 2.32. The Balaban J connectivity index is 1.31. The van der Waals surface area contributed by atoms with Crippen molar-refractivity contribution < 1.29 is 23.9 Å². The number of rotatable bonds is 7. The van der Waals surface area contributed by atoms with Crippen molar-refractivity contribution in [1.29, 1.82) is 0 Å². The number of amides is 4. The van der Waals surface area contributed by atoms with Crippen LogP contribution < -0.4 is 15.0 Å². The second kappa shape index (κ2) is 11.4. The van der Waals surface area contributed by atoms with Crippen LogP contribution in [0.25, 0.3) is 0 Å². The van der Waals surface area contributed by atoms with Crippen molar-refractivity contribution in [2.45, 2.75) is 58.2 Å². The summed E-state index contributed by atoms with van der Waals surface area (Å²) in [5, 5.41) is 2.33. The molecule has 0 unspecified atom stereocenters. The molecule has 9 nitrogen and oxygen atoms in total. The zero-order chi connectivity index (χ0) is 24.9. The Kier molecular flexibility index (Phi) is 8.28. The van der Waals surface area contributed by atoms with Crippen LogP contribution in [0.1, 0.15) is 56.3 Å². The molecule has 3 heterocycles. The lowest BCUT2D eigenvalue weighted by atomic mass is 9.94. The number of methoxy groups -OCH3 is 1. The molecule has 9 heteroatoms. The summed E-state index contributed by atoms with van der Waals surface area (Å²) < 4.78 is 11.4. The van der Waals surface area contributed by atoms with Gasteiger partial charge in [0.05, 0.1) is 25.0 Å². The molecule has 0 aliphatic carbocycles. The smallest absolute Gasteiger partial charge is 0.328 e. The molecule has 0 bridgehead atoms. The molecule has 3 fully saturated rings. The summed E-state index contributed by atoms with van der Waals surface area (Å²) in [6.07, 6.45) is 5.06. The summed E-state index contributed by atoms with van der Waals surface area (Å²) in [5.74, 6) is 0.760. The second-order valence-electron chi connectivity index (χ2n) is 10.1. The molecule has 3 aliphatic rings. The topological polar surface area (TPSA) is 91.4 Å². The van der Waals surface area contributed by atoms with Crippen LogP contribution in [0.3, 0.4) is 0 Å². The van der Waals surface area contributed by atoms with Crippen molar-refractivity contribution in [3.05, 3.63) is 23.8 Å². The molecule has 1 N–H and O–H groups in total. The van der Waals surface area contributed by atoms with Crippen LogP contribution in [-0.4, -0.2) is 86.2 Å². The van der Waals surface area contributed by atoms with Crippen molar-refractivity contribution in [2.24, 2.45) is 5.92 Å². The Labute approximate surface area is 207 Å². The lowest BCUT2D eigenvalue weighted by molar-refractivity contribution is -0.120. The average molecular weight is 487 g/mol. The molecule has 0 spiro atoms. The number of likely N-dealkylation sites (tertiary alicyclic amines) is 2. The Hall–Kier alpha value is -2.65. The van der Waals surface area contributed by atoms with Gasteiger partial charge in [-0.1, -0.05) is 0 Å². The van der Waals surface area contributed by atoms with Crippen molar-refractivity contribution >= 4 is 23.5 Å². The lowest BCUT2D eigenvalue weighted by Gasteiger charge is -2.38. The zero-order valence-corrected chi connectivity index (χ0v) is 21.1. The fraction of sp³-hybridized carbons (Fsp3) is 0.654. The normalized spacial score (nSPS) is 20.9. The Morgan fingerprint density at radius 2 is 1.77 bits per heavy atom. The van der Waals surface area contributed by atoms with Crippen molar-refractivity contribution in [3.8, 4) is 5.75 Å². The first-order valence-electron chi connectivity index (χ1n) is 12.8. The highest BCUT2D eigenvalue weighted by molar-refractivity contribution is 6.07. The zero-order valence-electron chi connectivity index (χ0n) is 21.1. The molecule has 0 radical (unpaired) electrons. The van der Waals surface area contributed by atoms with Crippen LogP contribution in [0.4, 0.5) is 10.5 Å². The van der Waals surface area contributed by atoms with Crippen LogP contribution >= 0.6 is 0 Å². The van der Waals surface area contributed by atoms with Gasteiger partial charge in [0.25, 0.3) is 5.91 Å². The molecular weight excluding hydrogens is 448 g/mol. The van der Waals surface area contributed by atoms with E-state index in [-0.39, 0.29) is 30.9 Å². The molecular formula is C26H38N4O5. The molecule has 3 saturated heterocycles. The molecule has 0 atom stereocenters. The molecule has 3 aliphatic heterocycles. The number of benzene rings is 1. The minimum absolute atomic E-state index is 0.0347. The number of nitrogens with one attached hydrogen (secondary N) is 1. The molecule has 1 aromatic rings. The van der Waals surface area contributed by atoms with E-state index in [1.165, 1.54) is 12.0 Å². The van der Waals surface area contributed by atoms with Gasteiger partial charge in [0.2, 0.25) is 5.91 Å². The summed E-state index contributed by atoms with van der Waals surface area (Å²) >= 11 is 0. The molecule has 0 saturated carbocycles.